The van der Waals surface area contributed by atoms with Gasteiger partial charge in [-0.1, -0.05) is 15.9 Å². The Bertz CT molecular complexity index is 652. The molecule has 96 valence electrons. The maximum atomic E-state index is 12.1. The number of non-ortho nitro benzene ring substituents is 1. The largest absolute Gasteiger partial charge is 0.507 e. The standard InChI is InChI=1S/C13H8BrNO4/c14-9-3-6-12(16)11(7-9)13(17)8-1-4-10(5-2-8)15(18)19/h1-7,16H. The second kappa shape index (κ2) is 5.19. The van der Waals surface area contributed by atoms with Crippen LogP contribution in [-0.2, 0) is 0 Å². The van der Waals surface area contributed by atoms with E-state index < -0.39 is 10.7 Å². The summed E-state index contributed by atoms with van der Waals surface area (Å²) < 4.78 is 0.663. The molecule has 0 bridgehead atoms. The summed E-state index contributed by atoms with van der Waals surface area (Å²) in [6.45, 7) is 0. The zero-order chi connectivity index (χ0) is 14.0. The lowest BCUT2D eigenvalue weighted by Crippen LogP contribution is -2.02. The number of hydrogen-bond acceptors (Lipinski definition) is 4. The average Bonchev–Trinajstić information content (AvgIpc) is 2.41. The zero-order valence-electron chi connectivity index (χ0n) is 9.54. The summed E-state index contributed by atoms with van der Waals surface area (Å²) in [5, 5.41) is 20.2. The van der Waals surface area contributed by atoms with Gasteiger partial charge in [0.15, 0.2) is 5.78 Å². The van der Waals surface area contributed by atoms with Gasteiger partial charge >= 0.3 is 0 Å². The fourth-order valence-corrected chi connectivity index (χ4v) is 1.94. The van der Waals surface area contributed by atoms with Crippen LogP contribution in [0.1, 0.15) is 15.9 Å². The van der Waals surface area contributed by atoms with Crippen LogP contribution in [0.2, 0.25) is 0 Å². The molecule has 2 rings (SSSR count). The van der Waals surface area contributed by atoms with Gasteiger partial charge in [-0.2, -0.15) is 0 Å². The second-order valence-electron chi connectivity index (χ2n) is 3.79. The summed E-state index contributed by atoms with van der Waals surface area (Å²) in [7, 11) is 0. The molecule has 0 atom stereocenters. The third-order valence-electron chi connectivity index (χ3n) is 2.54. The molecule has 0 saturated heterocycles. The van der Waals surface area contributed by atoms with Crippen molar-refractivity contribution in [1.29, 1.82) is 0 Å². The summed E-state index contributed by atoms with van der Waals surface area (Å²) in [4.78, 5) is 22.1. The molecule has 0 saturated carbocycles. The molecule has 0 aliphatic rings. The van der Waals surface area contributed by atoms with Gasteiger partial charge in [0.25, 0.3) is 5.69 Å². The number of aromatic hydroxyl groups is 1. The van der Waals surface area contributed by atoms with E-state index in [2.05, 4.69) is 15.9 Å². The molecule has 0 aliphatic carbocycles. The zero-order valence-corrected chi connectivity index (χ0v) is 11.1. The number of carbonyl (C=O) groups excluding carboxylic acids is 1. The summed E-state index contributed by atoms with van der Waals surface area (Å²) in [5.74, 6) is -0.528. The van der Waals surface area contributed by atoms with Gasteiger partial charge in [-0.3, -0.25) is 14.9 Å². The highest BCUT2D eigenvalue weighted by Crippen LogP contribution is 2.25. The number of carbonyl (C=O) groups is 1. The molecule has 6 heteroatoms. The van der Waals surface area contributed by atoms with Crippen LogP contribution in [0.3, 0.4) is 0 Å². The lowest BCUT2D eigenvalue weighted by molar-refractivity contribution is -0.384. The lowest BCUT2D eigenvalue weighted by Gasteiger charge is -2.04. The molecule has 2 aromatic rings. The van der Waals surface area contributed by atoms with Gasteiger partial charge < -0.3 is 5.11 Å². The number of halogens is 1. The highest BCUT2D eigenvalue weighted by molar-refractivity contribution is 9.10. The van der Waals surface area contributed by atoms with Gasteiger partial charge in [-0.05, 0) is 30.3 Å². The molecular formula is C13H8BrNO4. The Morgan fingerprint density at radius 2 is 1.79 bits per heavy atom. The Balaban J connectivity index is 2.38. The number of phenolic OH excluding ortho intramolecular Hbond substituents is 1. The first-order valence-corrected chi connectivity index (χ1v) is 6.06. The fourth-order valence-electron chi connectivity index (χ4n) is 1.58. The normalized spacial score (nSPS) is 10.2. The lowest BCUT2D eigenvalue weighted by atomic mass is 10.0. The van der Waals surface area contributed by atoms with Gasteiger partial charge in [0.2, 0.25) is 0 Å². The minimum Gasteiger partial charge on any atom is -0.507 e. The Kier molecular flexibility index (Phi) is 3.62. The van der Waals surface area contributed by atoms with E-state index in [0.29, 0.717) is 4.47 Å². The minimum absolute atomic E-state index is 0.0879. The van der Waals surface area contributed by atoms with Crippen LogP contribution in [0.4, 0.5) is 5.69 Å². The van der Waals surface area contributed by atoms with Gasteiger partial charge in [0.1, 0.15) is 5.75 Å². The van der Waals surface area contributed by atoms with Crippen LogP contribution in [0.15, 0.2) is 46.9 Å². The first-order valence-electron chi connectivity index (χ1n) is 5.26. The van der Waals surface area contributed by atoms with Crippen molar-refractivity contribution < 1.29 is 14.8 Å². The molecule has 19 heavy (non-hydrogen) atoms. The molecule has 0 amide bonds. The predicted molar refractivity (Wildman–Crippen MR) is 72.3 cm³/mol. The number of rotatable bonds is 3. The van der Waals surface area contributed by atoms with E-state index in [4.69, 9.17) is 0 Å². The van der Waals surface area contributed by atoms with E-state index in [0.717, 1.165) is 0 Å². The van der Waals surface area contributed by atoms with E-state index in [1.807, 2.05) is 0 Å². The van der Waals surface area contributed by atoms with Crippen LogP contribution >= 0.6 is 15.9 Å². The first kappa shape index (κ1) is 13.2. The second-order valence-corrected chi connectivity index (χ2v) is 4.71. The van der Waals surface area contributed by atoms with Crippen molar-refractivity contribution in [2.45, 2.75) is 0 Å². The molecule has 0 aromatic heterocycles. The number of ketones is 1. The molecule has 0 spiro atoms. The number of nitro groups is 1. The molecule has 0 unspecified atom stereocenters. The average molecular weight is 322 g/mol. The van der Waals surface area contributed by atoms with Crippen molar-refractivity contribution in [2.24, 2.45) is 0 Å². The molecule has 0 heterocycles. The predicted octanol–water partition coefficient (Wildman–Crippen LogP) is 3.29. The number of nitro benzene ring substituents is 1. The number of nitrogens with zero attached hydrogens (tertiary/aromatic N) is 1. The van der Waals surface area contributed by atoms with Crippen molar-refractivity contribution in [3.63, 3.8) is 0 Å². The molecule has 0 radical (unpaired) electrons. The quantitative estimate of drug-likeness (QED) is 0.534. The van der Waals surface area contributed by atoms with Crippen LogP contribution in [0.25, 0.3) is 0 Å². The third-order valence-corrected chi connectivity index (χ3v) is 3.04. The summed E-state index contributed by atoms with van der Waals surface area (Å²) in [6.07, 6.45) is 0. The van der Waals surface area contributed by atoms with Crippen LogP contribution in [0, 0.1) is 10.1 Å². The van der Waals surface area contributed by atoms with Crippen LogP contribution < -0.4 is 0 Å². The Hall–Kier alpha value is -2.21. The number of hydrogen-bond donors (Lipinski definition) is 1. The van der Waals surface area contributed by atoms with E-state index in [9.17, 15) is 20.0 Å². The van der Waals surface area contributed by atoms with Crippen molar-refractivity contribution in [3.05, 3.63) is 68.2 Å². The molecule has 0 aliphatic heterocycles. The molecule has 5 nitrogen and oxygen atoms in total. The topological polar surface area (TPSA) is 80.4 Å². The smallest absolute Gasteiger partial charge is 0.269 e. The first-order chi connectivity index (χ1) is 8.99. The van der Waals surface area contributed by atoms with Crippen LogP contribution in [0.5, 0.6) is 5.75 Å². The van der Waals surface area contributed by atoms with E-state index in [-0.39, 0.29) is 22.6 Å². The summed E-state index contributed by atoms with van der Waals surface area (Å²) in [5.41, 5.74) is 0.331. The summed E-state index contributed by atoms with van der Waals surface area (Å²) >= 11 is 3.22. The van der Waals surface area contributed by atoms with Crippen molar-refractivity contribution >= 4 is 27.4 Å². The van der Waals surface area contributed by atoms with Crippen molar-refractivity contribution in [1.82, 2.24) is 0 Å². The molecule has 1 N–H and O–H groups in total. The SMILES string of the molecule is O=C(c1ccc([N+](=O)[O-])cc1)c1cc(Br)ccc1O. The number of phenols is 1. The molecule has 0 fully saturated rings. The van der Waals surface area contributed by atoms with Crippen LogP contribution in [-0.4, -0.2) is 15.8 Å². The fraction of sp³-hybridized carbons (Fsp3) is 0. The third kappa shape index (κ3) is 2.79. The highest BCUT2D eigenvalue weighted by Gasteiger charge is 2.15. The van der Waals surface area contributed by atoms with Gasteiger partial charge in [0, 0.05) is 22.2 Å². The van der Waals surface area contributed by atoms with Crippen molar-refractivity contribution in [2.75, 3.05) is 0 Å². The summed E-state index contributed by atoms with van der Waals surface area (Å²) in [6, 6.07) is 9.75. The Morgan fingerprint density at radius 3 is 2.37 bits per heavy atom. The van der Waals surface area contributed by atoms with Crippen molar-refractivity contribution in [3.8, 4) is 5.75 Å². The molecule has 2 aromatic carbocycles. The van der Waals surface area contributed by atoms with E-state index in [1.165, 1.54) is 36.4 Å². The molecular weight excluding hydrogens is 314 g/mol. The Morgan fingerprint density at radius 1 is 1.16 bits per heavy atom. The highest BCUT2D eigenvalue weighted by atomic mass is 79.9. The Labute approximate surface area is 116 Å². The van der Waals surface area contributed by atoms with E-state index >= 15 is 0 Å². The van der Waals surface area contributed by atoms with Gasteiger partial charge in [0.05, 0.1) is 10.5 Å². The van der Waals surface area contributed by atoms with E-state index in [1.54, 1.807) is 6.07 Å². The maximum absolute atomic E-state index is 12.1. The van der Waals surface area contributed by atoms with Gasteiger partial charge in [-0.25, -0.2) is 0 Å². The minimum atomic E-state index is -0.537. The van der Waals surface area contributed by atoms with Gasteiger partial charge in [-0.15, -0.1) is 0 Å². The maximum Gasteiger partial charge on any atom is 0.269 e. The monoisotopic (exact) mass is 321 g/mol. The number of benzene rings is 2.